The Labute approximate surface area is 143 Å². The number of aromatic amines is 1. The summed E-state index contributed by atoms with van der Waals surface area (Å²) in [5, 5.41) is 12.5. The fraction of sp³-hybridized carbons (Fsp3) is 0.353. The lowest BCUT2D eigenvalue weighted by atomic mass is 10.1. The van der Waals surface area contributed by atoms with Gasteiger partial charge in [0.1, 0.15) is 11.9 Å². The molecule has 1 aromatic heterocycles. The third-order valence-corrected chi connectivity index (χ3v) is 3.94. The van der Waals surface area contributed by atoms with E-state index in [0.29, 0.717) is 16.5 Å². The van der Waals surface area contributed by atoms with Gasteiger partial charge in [-0.3, -0.25) is 9.59 Å². The molecule has 2 rings (SSSR count). The van der Waals surface area contributed by atoms with Crippen LogP contribution in [0.3, 0.4) is 0 Å². The molecule has 0 fully saturated rings. The first-order chi connectivity index (χ1) is 11.8. The first-order valence-electron chi connectivity index (χ1n) is 7.82. The van der Waals surface area contributed by atoms with Crippen molar-refractivity contribution in [3.05, 3.63) is 35.8 Å². The summed E-state index contributed by atoms with van der Waals surface area (Å²) in [4.78, 5) is 38.9. The van der Waals surface area contributed by atoms with Gasteiger partial charge in [0.2, 0.25) is 11.8 Å². The quantitative estimate of drug-likeness (QED) is 0.701. The number of amides is 2. The Kier molecular flexibility index (Phi) is 5.74. The van der Waals surface area contributed by atoms with Crippen LogP contribution in [0.2, 0.25) is 0 Å². The lowest BCUT2D eigenvalue weighted by Crippen LogP contribution is -2.47. The van der Waals surface area contributed by atoms with Crippen molar-refractivity contribution in [1.29, 1.82) is 0 Å². The number of nitrogens with zero attached hydrogens (tertiary/aromatic N) is 1. The third kappa shape index (κ3) is 4.56. The SMILES string of the molecule is CC(=O)NCCN(C(=O)Cc1c[nH]c2cc(F)ccc12)C(C)C(=O)O. The fourth-order valence-corrected chi connectivity index (χ4v) is 2.59. The molecule has 0 saturated carbocycles. The number of carboxylic acids is 1. The minimum Gasteiger partial charge on any atom is -0.480 e. The molecule has 0 saturated heterocycles. The summed E-state index contributed by atoms with van der Waals surface area (Å²) < 4.78 is 13.2. The molecular weight excluding hydrogens is 329 g/mol. The lowest BCUT2D eigenvalue weighted by Gasteiger charge is -2.26. The zero-order chi connectivity index (χ0) is 18.6. The number of nitrogens with one attached hydrogen (secondary N) is 2. The molecule has 7 nitrogen and oxygen atoms in total. The van der Waals surface area contributed by atoms with Crippen LogP contribution in [0.1, 0.15) is 19.4 Å². The number of benzene rings is 1. The molecule has 2 amide bonds. The molecule has 0 radical (unpaired) electrons. The fourth-order valence-electron chi connectivity index (χ4n) is 2.59. The van der Waals surface area contributed by atoms with Crippen LogP contribution in [-0.2, 0) is 20.8 Å². The largest absolute Gasteiger partial charge is 0.480 e. The van der Waals surface area contributed by atoms with Crippen LogP contribution in [0.4, 0.5) is 4.39 Å². The number of fused-ring (bicyclic) bond motifs is 1. The van der Waals surface area contributed by atoms with E-state index in [1.165, 1.54) is 30.9 Å². The maximum atomic E-state index is 13.2. The normalized spacial score (nSPS) is 12.0. The van der Waals surface area contributed by atoms with E-state index >= 15 is 0 Å². The van der Waals surface area contributed by atoms with Crippen molar-refractivity contribution in [3.8, 4) is 0 Å². The number of carbonyl (C=O) groups excluding carboxylic acids is 2. The zero-order valence-electron chi connectivity index (χ0n) is 14.0. The van der Waals surface area contributed by atoms with Crippen molar-refractivity contribution in [2.24, 2.45) is 0 Å². The predicted molar refractivity (Wildman–Crippen MR) is 89.5 cm³/mol. The van der Waals surface area contributed by atoms with Crippen LogP contribution in [-0.4, -0.2) is 51.9 Å². The molecule has 2 aromatic rings. The number of aliphatic carboxylic acids is 1. The Morgan fingerprint density at radius 2 is 2.08 bits per heavy atom. The van der Waals surface area contributed by atoms with Gasteiger partial charge in [-0.05, 0) is 30.7 Å². The van der Waals surface area contributed by atoms with Crippen molar-refractivity contribution in [2.45, 2.75) is 26.3 Å². The summed E-state index contributed by atoms with van der Waals surface area (Å²) in [5.41, 5.74) is 1.22. The molecule has 134 valence electrons. The number of hydrogen-bond acceptors (Lipinski definition) is 3. The maximum absolute atomic E-state index is 13.2. The van der Waals surface area contributed by atoms with Crippen molar-refractivity contribution in [1.82, 2.24) is 15.2 Å². The van der Waals surface area contributed by atoms with Crippen LogP contribution < -0.4 is 5.32 Å². The van der Waals surface area contributed by atoms with Crippen LogP contribution in [0.15, 0.2) is 24.4 Å². The Balaban J connectivity index is 2.16. The molecule has 1 aromatic carbocycles. The molecule has 0 bridgehead atoms. The van der Waals surface area contributed by atoms with E-state index < -0.39 is 12.0 Å². The lowest BCUT2D eigenvalue weighted by molar-refractivity contribution is -0.149. The molecule has 1 heterocycles. The van der Waals surface area contributed by atoms with Crippen molar-refractivity contribution < 1.29 is 23.9 Å². The number of aromatic nitrogens is 1. The number of hydrogen-bond donors (Lipinski definition) is 3. The van der Waals surface area contributed by atoms with Crippen molar-refractivity contribution in [3.63, 3.8) is 0 Å². The van der Waals surface area contributed by atoms with E-state index in [2.05, 4.69) is 10.3 Å². The molecule has 25 heavy (non-hydrogen) atoms. The highest BCUT2D eigenvalue weighted by atomic mass is 19.1. The van der Waals surface area contributed by atoms with E-state index in [9.17, 15) is 23.9 Å². The number of carboxylic acid groups (broad SMARTS) is 1. The van der Waals surface area contributed by atoms with E-state index in [1.54, 1.807) is 12.3 Å². The highest BCUT2D eigenvalue weighted by Crippen LogP contribution is 2.20. The first kappa shape index (κ1) is 18.4. The molecule has 0 aliphatic rings. The molecule has 3 N–H and O–H groups in total. The van der Waals surface area contributed by atoms with Gasteiger partial charge >= 0.3 is 5.97 Å². The smallest absolute Gasteiger partial charge is 0.326 e. The van der Waals surface area contributed by atoms with Gasteiger partial charge in [0, 0.05) is 37.1 Å². The minimum absolute atomic E-state index is 0.0245. The summed E-state index contributed by atoms with van der Waals surface area (Å²) in [6, 6.07) is 3.19. The topological polar surface area (TPSA) is 103 Å². The molecule has 0 spiro atoms. The van der Waals surface area contributed by atoms with Crippen LogP contribution >= 0.6 is 0 Å². The number of rotatable bonds is 7. The van der Waals surface area contributed by atoms with Crippen LogP contribution in [0, 0.1) is 5.82 Å². The predicted octanol–water partition coefficient (Wildman–Crippen LogP) is 1.29. The van der Waals surface area contributed by atoms with Gasteiger partial charge in [-0.25, -0.2) is 9.18 Å². The molecular formula is C17H20FN3O4. The monoisotopic (exact) mass is 349 g/mol. The molecule has 8 heteroatoms. The molecule has 0 aliphatic heterocycles. The number of H-pyrrole nitrogens is 1. The summed E-state index contributed by atoms with van der Waals surface area (Å²) in [6.07, 6.45) is 1.59. The first-order valence-corrected chi connectivity index (χ1v) is 7.82. The second-order valence-electron chi connectivity index (χ2n) is 5.76. The van der Waals surface area contributed by atoms with Gasteiger partial charge in [0.15, 0.2) is 0 Å². The van der Waals surface area contributed by atoms with E-state index in [-0.39, 0.29) is 37.1 Å². The van der Waals surface area contributed by atoms with E-state index in [1.807, 2.05) is 0 Å². The highest BCUT2D eigenvalue weighted by Gasteiger charge is 2.25. The Hall–Kier alpha value is -2.90. The van der Waals surface area contributed by atoms with E-state index in [0.717, 1.165) is 0 Å². The van der Waals surface area contributed by atoms with Crippen LogP contribution in [0.25, 0.3) is 10.9 Å². The minimum atomic E-state index is -1.13. The summed E-state index contributed by atoms with van der Waals surface area (Å²) >= 11 is 0. The number of halogens is 1. The van der Waals surface area contributed by atoms with Gasteiger partial charge in [0.05, 0.1) is 6.42 Å². The molecule has 0 aliphatic carbocycles. The third-order valence-electron chi connectivity index (χ3n) is 3.94. The highest BCUT2D eigenvalue weighted by molar-refractivity contribution is 5.90. The van der Waals surface area contributed by atoms with Crippen molar-refractivity contribution >= 4 is 28.7 Å². The van der Waals surface area contributed by atoms with Crippen molar-refractivity contribution in [2.75, 3.05) is 13.1 Å². The second-order valence-corrected chi connectivity index (χ2v) is 5.76. The van der Waals surface area contributed by atoms with Gasteiger partial charge in [-0.15, -0.1) is 0 Å². The summed E-state index contributed by atoms with van der Waals surface area (Å²) in [5.74, 6) is -2.15. The van der Waals surface area contributed by atoms with E-state index in [4.69, 9.17) is 0 Å². The number of carbonyl (C=O) groups is 3. The molecule has 1 atom stereocenters. The van der Waals surface area contributed by atoms with Gasteiger partial charge in [-0.1, -0.05) is 0 Å². The van der Waals surface area contributed by atoms with Crippen LogP contribution in [0.5, 0.6) is 0 Å². The standard InChI is InChI=1S/C17H20FN3O4/c1-10(17(24)25)21(6-5-19-11(2)22)16(23)7-12-9-20-15-8-13(18)3-4-14(12)15/h3-4,8-10,20H,5-7H2,1-2H3,(H,19,22)(H,24,25). The Morgan fingerprint density at radius 1 is 1.36 bits per heavy atom. The average Bonchev–Trinajstić information content (AvgIpc) is 2.92. The van der Waals surface area contributed by atoms with Gasteiger partial charge < -0.3 is 20.3 Å². The molecule has 1 unspecified atom stereocenters. The zero-order valence-corrected chi connectivity index (χ0v) is 14.0. The Morgan fingerprint density at radius 3 is 2.72 bits per heavy atom. The van der Waals surface area contributed by atoms with Gasteiger partial charge in [0.25, 0.3) is 0 Å². The average molecular weight is 349 g/mol. The second kappa shape index (κ2) is 7.78. The summed E-state index contributed by atoms with van der Waals surface area (Å²) in [7, 11) is 0. The van der Waals surface area contributed by atoms with Gasteiger partial charge in [-0.2, -0.15) is 0 Å². The Bertz CT molecular complexity index is 802. The maximum Gasteiger partial charge on any atom is 0.326 e. The summed E-state index contributed by atoms with van der Waals surface area (Å²) in [6.45, 7) is 3.01.